The zero-order chi connectivity index (χ0) is 13.9. The molecular weight excluding hydrogens is 256 g/mol. The third-order valence-electron chi connectivity index (χ3n) is 2.43. The van der Waals surface area contributed by atoms with Gasteiger partial charge < -0.3 is 9.72 Å². The van der Waals surface area contributed by atoms with Crippen molar-refractivity contribution in [2.75, 3.05) is 11.3 Å². The normalized spacial score (nSPS) is 11.6. The van der Waals surface area contributed by atoms with Gasteiger partial charge in [-0.1, -0.05) is 0 Å². The molecule has 0 atom stereocenters. The van der Waals surface area contributed by atoms with Crippen LogP contribution < -0.4 is 4.72 Å². The Morgan fingerprint density at radius 3 is 2.61 bits per heavy atom. The van der Waals surface area contributed by atoms with Crippen molar-refractivity contribution in [2.45, 2.75) is 32.9 Å². The molecule has 0 aliphatic rings. The van der Waals surface area contributed by atoms with Crippen molar-refractivity contribution in [1.82, 2.24) is 4.98 Å². The molecule has 18 heavy (non-hydrogen) atoms. The maximum absolute atomic E-state index is 11.8. The van der Waals surface area contributed by atoms with Gasteiger partial charge in [0.15, 0.2) is 0 Å². The number of ether oxygens (including phenoxy) is 1. The van der Waals surface area contributed by atoms with Crippen LogP contribution >= 0.6 is 0 Å². The minimum absolute atomic E-state index is 0.222. The van der Waals surface area contributed by atoms with E-state index < -0.39 is 21.2 Å². The molecule has 102 valence electrons. The van der Waals surface area contributed by atoms with Crippen LogP contribution in [0.1, 0.15) is 36.8 Å². The van der Waals surface area contributed by atoms with Gasteiger partial charge in [-0.3, -0.25) is 4.72 Å². The molecule has 0 amide bonds. The Balaban J connectivity index is 3.09. The Kier molecular flexibility index (Phi) is 4.39. The van der Waals surface area contributed by atoms with E-state index in [0.29, 0.717) is 5.69 Å². The van der Waals surface area contributed by atoms with Gasteiger partial charge >= 0.3 is 5.97 Å². The smallest absolute Gasteiger partial charge is 0.342 e. The number of H-pyrrole nitrogens is 1. The molecule has 1 aromatic rings. The van der Waals surface area contributed by atoms with Crippen LogP contribution in [0.4, 0.5) is 5.69 Å². The number of aromatic nitrogens is 1. The number of hydrogen-bond donors (Lipinski definition) is 2. The van der Waals surface area contributed by atoms with Crippen LogP contribution in [0.25, 0.3) is 0 Å². The summed E-state index contributed by atoms with van der Waals surface area (Å²) in [6.07, 6.45) is 1.45. The first kappa shape index (κ1) is 14.6. The standard InChI is InChI=1S/C11H18N2O4S/c1-5-17-11(14)10-8(4)12-6-9(10)13-18(15,16)7(2)3/h6-7,12-13H,5H2,1-4H3. The maximum Gasteiger partial charge on any atom is 0.342 e. The number of esters is 1. The number of carbonyl (C=O) groups is 1. The third kappa shape index (κ3) is 3.04. The average Bonchev–Trinajstić information content (AvgIpc) is 2.59. The second-order valence-electron chi connectivity index (χ2n) is 4.12. The fourth-order valence-corrected chi connectivity index (χ4v) is 2.05. The summed E-state index contributed by atoms with van der Waals surface area (Å²) in [6, 6.07) is 0. The predicted octanol–water partition coefficient (Wildman–Crippen LogP) is 1.65. The van der Waals surface area contributed by atoms with E-state index in [2.05, 4.69) is 9.71 Å². The zero-order valence-electron chi connectivity index (χ0n) is 10.9. The van der Waals surface area contributed by atoms with E-state index in [1.165, 1.54) is 6.20 Å². The summed E-state index contributed by atoms with van der Waals surface area (Å²) < 4.78 is 30.8. The first-order valence-corrected chi connectivity index (χ1v) is 7.21. The summed E-state index contributed by atoms with van der Waals surface area (Å²) in [5, 5.41) is -0.581. The van der Waals surface area contributed by atoms with Gasteiger partial charge in [0.05, 0.1) is 17.5 Å². The molecule has 0 saturated heterocycles. The predicted molar refractivity (Wildman–Crippen MR) is 69.2 cm³/mol. The lowest BCUT2D eigenvalue weighted by atomic mass is 10.2. The minimum Gasteiger partial charge on any atom is -0.462 e. The van der Waals surface area contributed by atoms with E-state index >= 15 is 0 Å². The van der Waals surface area contributed by atoms with Crippen molar-refractivity contribution in [2.24, 2.45) is 0 Å². The SMILES string of the molecule is CCOC(=O)c1c(NS(=O)(=O)C(C)C)c[nH]c1C. The number of anilines is 1. The monoisotopic (exact) mass is 274 g/mol. The summed E-state index contributed by atoms with van der Waals surface area (Å²) in [4.78, 5) is 14.5. The third-order valence-corrected chi connectivity index (χ3v) is 4.18. The molecule has 0 saturated carbocycles. The summed E-state index contributed by atoms with van der Waals surface area (Å²) in [7, 11) is -3.49. The lowest BCUT2D eigenvalue weighted by Gasteiger charge is -2.11. The Hall–Kier alpha value is -1.50. The Labute approximate surface area is 107 Å². The van der Waals surface area contributed by atoms with Crippen LogP contribution in [0.5, 0.6) is 0 Å². The Bertz CT molecular complexity index is 531. The molecule has 2 N–H and O–H groups in total. The van der Waals surface area contributed by atoms with Crippen molar-refractivity contribution in [1.29, 1.82) is 0 Å². The van der Waals surface area contributed by atoms with Gasteiger partial charge in [0.2, 0.25) is 10.0 Å². The number of aryl methyl sites for hydroxylation is 1. The molecule has 0 radical (unpaired) electrons. The molecule has 0 aliphatic carbocycles. The van der Waals surface area contributed by atoms with Gasteiger partial charge in [-0.05, 0) is 27.7 Å². The fraction of sp³-hybridized carbons (Fsp3) is 0.545. The summed E-state index contributed by atoms with van der Waals surface area (Å²) in [5.41, 5.74) is 1.01. The van der Waals surface area contributed by atoms with E-state index in [0.717, 1.165) is 0 Å². The zero-order valence-corrected chi connectivity index (χ0v) is 11.7. The molecule has 1 aromatic heterocycles. The quantitative estimate of drug-likeness (QED) is 0.799. The lowest BCUT2D eigenvalue weighted by molar-refractivity contribution is 0.0527. The summed E-state index contributed by atoms with van der Waals surface area (Å²) in [5.74, 6) is -0.544. The van der Waals surface area contributed by atoms with Crippen LogP contribution in [0.15, 0.2) is 6.20 Å². The number of rotatable bonds is 5. The van der Waals surface area contributed by atoms with Crippen molar-refractivity contribution >= 4 is 21.7 Å². The first-order valence-electron chi connectivity index (χ1n) is 5.66. The number of carbonyl (C=O) groups excluding carboxylic acids is 1. The van der Waals surface area contributed by atoms with E-state index in [4.69, 9.17) is 4.74 Å². The molecule has 1 rings (SSSR count). The molecule has 0 fully saturated rings. The molecule has 0 aromatic carbocycles. The summed E-state index contributed by atoms with van der Waals surface area (Å²) >= 11 is 0. The molecule has 0 aliphatic heterocycles. The van der Waals surface area contributed by atoms with Gasteiger partial charge in [0.25, 0.3) is 0 Å². The van der Waals surface area contributed by atoms with E-state index in [1.54, 1.807) is 27.7 Å². The highest BCUT2D eigenvalue weighted by Gasteiger charge is 2.23. The van der Waals surface area contributed by atoms with Crippen molar-refractivity contribution in [3.63, 3.8) is 0 Å². The van der Waals surface area contributed by atoms with Gasteiger partial charge in [-0.25, -0.2) is 13.2 Å². The highest BCUT2D eigenvalue weighted by molar-refractivity contribution is 7.93. The van der Waals surface area contributed by atoms with Crippen LogP contribution in [-0.2, 0) is 14.8 Å². The second kappa shape index (κ2) is 5.43. The Morgan fingerprint density at radius 1 is 1.50 bits per heavy atom. The van der Waals surface area contributed by atoms with Crippen LogP contribution in [-0.4, -0.2) is 31.2 Å². The highest BCUT2D eigenvalue weighted by Crippen LogP contribution is 2.22. The fourth-order valence-electron chi connectivity index (χ4n) is 1.34. The van der Waals surface area contributed by atoms with Crippen LogP contribution in [0.3, 0.4) is 0 Å². The van der Waals surface area contributed by atoms with Crippen molar-refractivity contribution < 1.29 is 17.9 Å². The molecule has 0 unspecified atom stereocenters. The van der Waals surface area contributed by atoms with Gasteiger partial charge in [-0.2, -0.15) is 0 Å². The van der Waals surface area contributed by atoms with Crippen LogP contribution in [0, 0.1) is 6.92 Å². The largest absolute Gasteiger partial charge is 0.462 e. The van der Waals surface area contributed by atoms with Gasteiger partial charge in [0.1, 0.15) is 5.56 Å². The van der Waals surface area contributed by atoms with Crippen molar-refractivity contribution in [3.05, 3.63) is 17.5 Å². The number of nitrogens with one attached hydrogen (secondary N) is 2. The minimum atomic E-state index is -3.49. The molecule has 0 spiro atoms. The molecule has 0 bridgehead atoms. The van der Waals surface area contributed by atoms with Gasteiger partial charge in [0, 0.05) is 11.9 Å². The molecule has 6 nitrogen and oxygen atoms in total. The van der Waals surface area contributed by atoms with Gasteiger partial charge in [-0.15, -0.1) is 0 Å². The second-order valence-corrected chi connectivity index (χ2v) is 6.36. The van der Waals surface area contributed by atoms with Crippen LogP contribution in [0.2, 0.25) is 0 Å². The summed E-state index contributed by atoms with van der Waals surface area (Å²) in [6.45, 7) is 6.73. The van der Waals surface area contributed by atoms with E-state index in [-0.39, 0.29) is 17.9 Å². The average molecular weight is 274 g/mol. The van der Waals surface area contributed by atoms with E-state index in [9.17, 15) is 13.2 Å². The number of hydrogen-bond acceptors (Lipinski definition) is 4. The molecule has 7 heteroatoms. The maximum atomic E-state index is 11.8. The number of aromatic amines is 1. The highest BCUT2D eigenvalue weighted by atomic mass is 32.2. The number of sulfonamides is 1. The molecule has 1 heterocycles. The molecular formula is C11H18N2O4S. The van der Waals surface area contributed by atoms with E-state index in [1.807, 2.05) is 0 Å². The first-order chi connectivity index (χ1) is 8.29. The Morgan fingerprint density at radius 2 is 2.11 bits per heavy atom. The topological polar surface area (TPSA) is 88.3 Å². The van der Waals surface area contributed by atoms with Crippen molar-refractivity contribution in [3.8, 4) is 0 Å². The lowest BCUT2D eigenvalue weighted by Crippen LogP contribution is -2.23.